The van der Waals surface area contributed by atoms with Crippen molar-refractivity contribution in [3.8, 4) is 0 Å². The standard InChI is InChI=1S/C43H77N3O10/c1-26-11-16-43(24-28-12-17-45-38(44)20-28,42(41(51)52)14-5-4-6-15-42)37(46-26)25-55-36-22-29(21-35(54-3)39(36)50)40-31(13-18-47)33(49)23-30(56-40)9-7-27-8-10-32(48)34(19-27)53-2/h26-40,45-50H,4-25,44H2,1-3H3,(H,51,52). The quantitative estimate of drug-likeness (QED) is 0.120. The number of hydrogen-bond acceptors (Lipinski definition) is 12. The molecule has 0 spiro atoms. The molecular weight excluding hydrogens is 718 g/mol. The van der Waals surface area contributed by atoms with E-state index in [4.69, 9.17) is 24.7 Å². The number of ether oxygens (including phenoxy) is 4. The zero-order chi connectivity index (χ0) is 40.0. The van der Waals surface area contributed by atoms with Gasteiger partial charge in [0.15, 0.2) is 0 Å². The smallest absolute Gasteiger partial charge is 0.310 e. The van der Waals surface area contributed by atoms with E-state index in [2.05, 4.69) is 17.6 Å². The summed E-state index contributed by atoms with van der Waals surface area (Å²) in [4.78, 5) is 13.7. The molecule has 0 aromatic rings. The fourth-order valence-electron chi connectivity index (χ4n) is 12.7. The molecule has 0 aromatic carbocycles. The number of hydrogen-bond donors (Lipinski definition) is 8. The predicted octanol–water partition coefficient (Wildman–Crippen LogP) is 3.47. The number of nitrogens with two attached hydrogens (primary N) is 1. The number of rotatable bonds is 15. The Balaban J connectivity index is 1.21. The van der Waals surface area contributed by atoms with Crippen LogP contribution in [0.1, 0.15) is 129 Å². The molecule has 0 bridgehead atoms. The van der Waals surface area contributed by atoms with Crippen molar-refractivity contribution in [3.05, 3.63) is 0 Å². The van der Waals surface area contributed by atoms with Gasteiger partial charge in [-0.05, 0) is 134 Å². The summed E-state index contributed by atoms with van der Waals surface area (Å²) in [6, 6.07) is -0.0254. The molecule has 3 aliphatic heterocycles. The average molecular weight is 796 g/mol. The second kappa shape index (κ2) is 20.1. The van der Waals surface area contributed by atoms with Crippen molar-refractivity contribution in [2.75, 3.05) is 34.0 Å². The van der Waals surface area contributed by atoms with Gasteiger partial charge in [-0.25, -0.2) is 0 Å². The summed E-state index contributed by atoms with van der Waals surface area (Å²) in [6.45, 7) is 3.22. The molecule has 13 nitrogen and oxygen atoms in total. The Bertz CT molecular complexity index is 1230. The molecule has 3 saturated heterocycles. The van der Waals surface area contributed by atoms with Crippen molar-refractivity contribution in [3.63, 3.8) is 0 Å². The fourth-order valence-corrected chi connectivity index (χ4v) is 12.7. The third-order valence-corrected chi connectivity index (χ3v) is 15.8. The molecule has 13 heteroatoms. The van der Waals surface area contributed by atoms with Crippen molar-refractivity contribution in [1.29, 1.82) is 0 Å². The van der Waals surface area contributed by atoms with Crippen LogP contribution in [-0.2, 0) is 23.7 Å². The van der Waals surface area contributed by atoms with Gasteiger partial charge >= 0.3 is 5.97 Å². The van der Waals surface area contributed by atoms with E-state index in [-0.39, 0.29) is 61.6 Å². The molecule has 3 aliphatic carbocycles. The second-order valence-corrected chi connectivity index (χ2v) is 19.1. The zero-order valence-corrected chi connectivity index (χ0v) is 34.6. The maximum absolute atomic E-state index is 13.7. The molecule has 0 aromatic heterocycles. The van der Waals surface area contributed by atoms with E-state index in [1.807, 2.05) is 0 Å². The summed E-state index contributed by atoms with van der Waals surface area (Å²) >= 11 is 0. The summed E-state index contributed by atoms with van der Waals surface area (Å²) in [6.07, 6.45) is 10.9. The van der Waals surface area contributed by atoms with Crippen LogP contribution >= 0.6 is 0 Å². The summed E-state index contributed by atoms with van der Waals surface area (Å²) in [7, 11) is 3.27. The molecule has 6 aliphatic rings. The number of carbonyl (C=O) groups is 1. The molecule has 16 atom stereocenters. The van der Waals surface area contributed by atoms with Crippen molar-refractivity contribution in [2.45, 2.75) is 196 Å². The highest BCUT2D eigenvalue weighted by Gasteiger charge is 2.62. The van der Waals surface area contributed by atoms with Crippen LogP contribution in [-0.4, -0.2) is 133 Å². The summed E-state index contributed by atoms with van der Waals surface area (Å²) in [5.74, 6) is -0.313. The van der Waals surface area contributed by atoms with Gasteiger partial charge in [-0.3, -0.25) is 4.79 Å². The van der Waals surface area contributed by atoms with Crippen molar-refractivity contribution in [2.24, 2.45) is 40.2 Å². The Labute approximate surface area is 335 Å². The summed E-state index contributed by atoms with van der Waals surface area (Å²) in [5, 5.41) is 62.2. The van der Waals surface area contributed by atoms with E-state index in [1.54, 1.807) is 14.2 Å². The van der Waals surface area contributed by atoms with Crippen LogP contribution in [0.15, 0.2) is 0 Å². The van der Waals surface area contributed by atoms with Crippen LogP contribution in [0, 0.1) is 34.5 Å². The third kappa shape index (κ3) is 9.80. The van der Waals surface area contributed by atoms with Crippen LogP contribution < -0.4 is 16.4 Å². The molecule has 0 amide bonds. The molecule has 6 rings (SSSR count). The van der Waals surface area contributed by atoms with Crippen molar-refractivity contribution < 1.29 is 49.3 Å². The number of aliphatic hydroxyl groups excluding tert-OH is 4. The molecule has 6 fully saturated rings. The second-order valence-electron chi connectivity index (χ2n) is 19.1. The van der Waals surface area contributed by atoms with E-state index in [9.17, 15) is 30.3 Å². The minimum Gasteiger partial charge on any atom is -0.481 e. The highest BCUT2D eigenvalue weighted by molar-refractivity contribution is 5.76. The predicted molar refractivity (Wildman–Crippen MR) is 212 cm³/mol. The van der Waals surface area contributed by atoms with Crippen LogP contribution in [0.4, 0.5) is 0 Å². The molecule has 9 N–H and O–H groups in total. The lowest BCUT2D eigenvalue weighted by Crippen LogP contribution is -2.66. The highest BCUT2D eigenvalue weighted by Crippen LogP contribution is 2.60. The van der Waals surface area contributed by atoms with Crippen LogP contribution in [0.25, 0.3) is 0 Å². The maximum Gasteiger partial charge on any atom is 0.310 e. The topological polar surface area (TPSA) is 205 Å². The van der Waals surface area contributed by atoms with E-state index in [0.717, 1.165) is 90.0 Å². The number of piperidine rings is 2. The first kappa shape index (κ1) is 44.6. The first-order chi connectivity index (χ1) is 26.9. The monoisotopic (exact) mass is 796 g/mol. The number of carboxylic acids is 1. The molecule has 324 valence electrons. The van der Waals surface area contributed by atoms with E-state index < -0.39 is 47.3 Å². The summed E-state index contributed by atoms with van der Waals surface area (Å²) in [5.41, 5.74) is 5.02. The van der Waals surface area contributed by atoms with Gasteiger partial charge in [0.25, 0.3) is 0 Å². The minimum atomic E-state index is -0.881. The number of nitrogens with one attached hydrogen (secondary N) is 2. The lowest BCUT2D eigenvalue weighted by molar-refractivity contribution is -0.203. The Morgan fingerprint density at radius 3 is 2.29 bits per heavy atom. The first-order valence-electron chi connectivity index (χ1n) is 22.4. The molecule has 16 unspecified atom stereocenters. The number of aliphatic carboxylic acids is 1. The number of aliphatic hydroxyl groups is 4. The Morgan fingerprint density at radius 1 is 0.839 bits per heavy atom. The SMILES string of the molecule is COC1CC(CCC2CC(O)C(CCO)C(C3CC(OC)C(O)C(OCC4NC(C)CCC4(CC4CCNC(N)C4)C4(C(=O)O)CCCCC4)C3)O2)CCC1O. The van der Waals surface area contributed by atoms with Crippen molar-refractivity contribution >= 4 is 5.97 Å². The Morgan fingerprint density at radius 2 is 1.59 bits per heavy atom. The van der Waals surface area contributed by atoms with Gasteiger partial charge in [-0.15, -0.1) is 0 Å². The van der Waals surface area contributed by atoms with Crippen molar-refractivity contribution in [1.82, 2.24) is 10.6 Å². The normalized spacial score (nSPS) is 45.0. The lowest BCUT2D eigenvalue weighted by Gasteiger charge is -2.59. The van der Waals surface area contributed by atoms with E-state index >= 15 is 0 Å². The Kier molecular flexibility index (Phi) is 16.0. The van der Waals surface area contributed by atoms with Gasteiger partial charge < -0.3 is 60.8 Å². The van der Waals surface area contributed by atoms with E-state index in [1.165, 1.54) is 0 Å². The minimum absolute atomic E-state index is 0.0566. The zero-order valence-electron chi connectivity index (χ0n) is 34.6. The van der Waals surface area contributed by atoms with Crippen LogP contribution in [0.5, 0.6) is 0 Å². The fraction of sp³-hybridized carbons (Fsp3) is 0.977. The van der Waals surface area contributed by atoms with Gasteiger partial charge in [0.1, 0.15) is 6.10 Å². The van der Waals surface area contributed by atoms with Gasteiger partial charge in [-0.1, -0.05) is 19.3 Å². The molecular formula is C43H77N3O10. The van der Waals surface area contributed by atoms with Gasteiger partial charge in [0, 0.05) is 44.2 Å². The molecule has 3 heterocycles. The number of carboxylic acid groups (broad SMARTS) is 1. The number of methoxy groups -OCH3 is 2. The Hall–Kier alpha value is -0.970. The van der Waals surface area contributed by atoms with Crippen LogP contribution in [0.3, 0.4) is 0 Å². The first-order valence-corrected chi connectivity index (χ1v) is 22.4. The van der Waals surface area contributed by atoms with Crippen LogP contribution in [0.2, 0.25) is 0 Å². The maximum atomic E-state index is 13.7. The lowest BCUT2D eigenvalue weighted by atomic mass is 9.48. The average Bonchev–Trinajstić information content (AvgIpc) is 3.19. The van der Waals surface area contributed by atoms with Gasteiger partial charge in [-0.2, -0.15) is 0 Å². The van der Waals surface area contributed by atoms with E-state index in [0.29, 0.717) is 50.4 Å². The summed E-state index contributed by atoms with van der Waals surface area (Å²) < 4.78 is 25.3. The van der Waals surface area contributed by atoms with Gasteiger partial charge in [0.2, 0.25) is 0 Å². The molecule has 56 heavy (non-hydrogen) atoms. The highest BCUT2D eigenvalue weighted by atomic mass is 16.5. The molecule has 3 saturated carbocycles. The van der Waals surface area contributed by atoms with Gasteiger partial charge in [0.05, 0.1) is 60.9 Å². The third-order valence-electron chi connectivity index (χ3n) is 15.8. The largest absolute Gasteiger partial charge is 0.481 e. The molecule has 0 radical (unpaired) electrons.